The van der Waals surface area contributed by atoms with Crippen LogP contribution in [0.15, 0.2) is 24.3 Å². The smallest absolute Gasteiger partial charge is 0.179 e. The molecule has 100 valence electrons. The van der Waals surface area contributed by atoms with Crippen LogP contribution >= 0.6 is 0 Å². The topological polar surface area (TPSA) is 38.3 Å². The van der Waals surface area contributed by atoms with E-state index in [0.29, 0.717) is 18.8 Å². The van der Waals surface area contributed by atoms with Crippen molar-refractivity contribution in [1.29, 1.82) is 0 Å². The molecule has 0 aliphatic carbocycles. The summed E-state index contributed by atoms with van der Waals surface area (Å²) in [6.07, 6.45) is 0.870. The van der Waals surface area contributed by atoms with Gasteiger partial charge in [-0.15, -0.1) is 0 Å². The van der Waals surface area contributed by atoms with Crippen molar-refractivity contribution in [3.8, 4) is 0 Å². The second-order valence-electron chi connectivity index (χ2n) is 4.10. The van der Waals surface area contributed by atoms with Gasteiger partial charge < -0.3 is 10.1 Å². The van der Waals surface area contributed by atoms with E-state index in [1.165, 1.54) is 24.3 Å². The van der Waals surface area contributed by atoms with Crippen molar-refractivity contribution in [2.75, 3.05) is 19.8 Å². The van der Waals surface area contributed by atoms with E-state index in [4.69, 9.17) is 4.74 Å². The van der Waals surface area contributed by atoms with Crippen molar-refractivity contribution in [3.63, 3.8) is 0 Å². The first-order valence-corrected chi connectivity index (χ1v) is 6.26. The molecule has 0 heterocycles. The van der Waals surface area contributed by atoms with Gasteiger partial charge >= 0.3 is 0 Å². The van der Waals surface area contributed by atoms with Gasteiger partial charge in [0, 0.05) is 18.8 Å². The molecule has 1 aromatic rings. The van der Waals surface area contributed by atoms with E-state index in [-0.39, 0.29) is 17.6 Å². The van der Waals surface area contributed by atoms with Crippen molar-refractivity contribution in [2.45, 2.75) is 26.3 Å². The number of ether oxygens (including phenoxy) is 1. The maximum absolute atomic E-state index is 12.7. The lowest BCUT2D eigenvalue weighted by molar-refractivity contribution is 0.0946. The molecule has 0 radical (unpaired) electrons. The van der Waals surface area contributed by atoms with E-state index >= 15 is 0 Å². The summed E-state index contributed by atoms with van der Waals surface area (Å²) >= 11 is 0. The van der Waals surface area contributed by atoms with Crippen LogP contribution in [0.25, 0.3) is 0 Å². The highest BCUT2D eigenvalue weighted by Gasteiger charge is 2.13. The fraction of sp³-hybridized carbons (Fsp3) is 0.500. The van der Waals surface area contributed by atoms with Gasteiger partial charge in [0.05, 0.1) is 6.04 Å². The lowest BCUT2D eigenvalue weighted by Gasteiger charge is -2.12. The van der Waals surface area contributed by atoms with Gasteiger partial charge in [0.15, 0.2) is 5.78 Å². The summed E-state index contributed by atoms with van der Waals surface area (Å²) in [5, 5.41) is 3.13. The first kappa shape index (κ1) is 14.8. The molecular weight excluding hydrogens is 233 g/mol. The maximum Gasteiger partial charge on any atom is 0.179 e. The van der Waals surface area contributed by atoms with E-state index in [1.54, 1.807) is 0 Å². The minimum Gasteiger partial charge on any atom is -0.382 e. The summed E-state index contributed by atoms with van der Waals surface area (Å²) in [5.41, 5.74) is 0.529. The molecular formula is C14H20FNO2. The van der Waals surface area contributed by atoms with Crippen LogP contribution in [0.5, 0.6) is 0 Å². The van der Waals surface area contributed by atoms with Crippen molar-refractivity contribution in [2.24, 2.45) is 0 Å². The van der Waals surface area contributed by atoms with E-state index in [2.05, 4.69) is 5.32 Å². The van der Waals surface area contributed by atoms with Crippen LogP contribution in [0.4, 0.5) is 4.39 Å². The molecule has 0 saturated carbocycles. The Morgan fingerprint density at radius 2 is 2.06 bits per heavy atom. The van der Waals surface area contributed by atoms with Gasteiger partial charge in [0.2, 0.25) is 0 Å². The summed E-state index contributed by atoms with van der Waals surface area (Å²) in [7, 11) is 0. The molecule has 1 atom stereocenters. The van der Waals surface area contributed by atoms with Gasteiger partial charge in [-0.2, -0.15) is 0 Å². The summed E-state index contributed by atoms with van der Waals surface area (Å²) in [4.78, 5) is 12.0. The van der Waals surface area contributed by atoms with Crippen LogP contribution in [-0.2, 0) is 4.74 Å². The molecule has 0 aliphatic heterocycles. The van der Waals surface area contributed by atoms with Crippen LogP contribution in [0.1, 0.15) is 30.6 Å². The molecule has 4 heteroatoms. The molecule has 0 bridgehead atoms. The van der Waals surface area contributed by atoms with Gasteiger partial charge in [0.25, 0.3) is 0 Å². The maximum atomic E-state index is 12.7. The quantitative estimate of drug-likeness (QED) is 0.571. The number of ketones is 1. The van der Waals surface area contributed by atoms with Gasteiger partial charge in [-0.25, -0.2) is 4.39 Å². The second-order valence-corrected chi connectivity index (χ2v) is 4.10. The van der Waals surface area contributed by atoms with Crippen LogP contribution in [-0.4, -0.2) is 31.6 Å². The summed E-state index contributed by atoms with van der Waals surface area (Å²) in [5.74, 6) is -0.352. The van der Waals surface area contributed by atoms with Gasteiger partial charge in [-0.3, -0.25) is 4.79 Å². The normalized spacial score (nSPS) is 12.4. The number of carbonyl (C=O) groups is 1. The number of Topliss-reactive ketones (excluding diaryl/α,β-unsaturated/α-hetero) is 1. The second kappa shape index (κ2) is 7.95. The Morgan fingerprint density at radius 1 is 1.39 bits per heavy atom. The Kier molecular flexibility index (Phi) is 6.54. The summed E-state index contributed by atoms with van der Waals surface area (Å²) < 4.78 is 17.9. The number of rotatable bonds is 8. The van der Waals surface area contributed by atoms with E-state index in [1.807, 2.05) is 13.8 Å². The number of halogens is 1. The number of nitrogens with one attached hydrogen (secondary N) is 1. The molecule has 3 nitrogen and oxygen atoms in total. The highest BCUT2D eigenvalue weighted by molar-refractivity contribution is 5.99. The molecule has 0 aromatic heterocycles. The minimum atomic E-state index is -0.330. The average molecular weight is 253 g/mol. The molecule has 0 fully saturated rings. The largest absolute Gasteiger partial charge is 0.382 e. The molecule has 0 amide bonds. The fourth-order valence-electron chi connectivity index (χ4n) is 1.59. The van der Waals surface area contributed by atoms with Crippen LogP contribution in [0, 0.1) is 5.82 Å². The number of hydrogen-bond donors (Lipinski definition) is 1. The van der Waals surface area contributed by atoms with Crippen molar-refractivity contribution in [1.82, 2.24) is 5.32 Å². The zero-order valence-corrected chi connectivity index (χ0v) is 10.9. The van der Waals surface area contributed by atoms with E-state index in [0.717, 1.165) is 13.0 Å². The Hall–Kier alpha value is -1.26. The summed E-state index contributed by atoms with van der Waals surface area (Å²) in [6, 6.07) is 5.35. The first-order valence-electron chi connectivity index (χ1n) is 6.26. The third-order valence-corrected chi connectivity index (χ3v) is 2.64. The van der Waals surface area contributed by atoms with Gasteiger partial charge in [-0.1, -0.05) is 0 Å². The number of carbonyl (C=O) groups excluding carboxylic acids is 1. The highest BCUT2D eigenvalue weighted by Crippen LogP contribution is 2.06. The molecule has 1 unspecified atom stereocenters. The number of benzene rings is 1. The van der Waals surface area contributed by atoms with Crippen molar-refractivity contribution >= 4 is 5.78 Å². The molecule has 1 rings (SSSR count). The standard InChI is InChI=1S/C14H20FNO2/c1-3-18-10-4-9-16-11(2)14(17)12-5-7-13(15)8-6-12/h5-8,11,16H,3-4,9-10H2,1-2H3. The lowest BCUT2D eigenvalue weighted by atomic mass is 10.1. The Labute approximate surface area is 107 Å². The zero-order chi connectivity index (χ0) is 13.4. The predicted molar refractivity (Wildman–Crippen MR) is 69.3 cm³/mol. The average Bonchev–Trinajstić information content (AvgIpc) is 2.38. The number of hydrogen-bond acceptors (Lipinski definition) is 3. The predicted octanol–water partition coefficient (Wildman–Crippen LogP) is 2.41. The van der Waals surface area contributed by atoms with Crippen LogP contribution in [0.2, 0.25) is 0 Å². The van der Waals surface area contributed by atoms with Crippen molar-refractivity contribution < 1.29 is 13.9 Å². The Balaban J connectivity index is 2.34. The van der Waals surface area contributed by atoms with Crippen LogP contribution in [0.3, 0.4) is 0 Å². The van der Waals surface area contributed by atoms with Gasteiger partial charge in [-0.05, 0) is 51.1 Å². The molecule has 18 heavy (non-hydrogen) atoms. The monoisotopic (exact) mass is 253 g/mol. The fourth-order valence-corrected chi connectivity index (χ4v) is 1.59. The van der Waals surface area contributed by atoms with Crippen molar-refractivity contribution in [3.05, 3.63) is 35.6 Å². The lowest BCUT2D eigenvalue weighted by Crippen LogP contribution is -2.35. The first-order chi connectivity index (χ1) is 8.65. The molecule has 1 aromatic carbocycles. The highest BCUT2D eigenvalue weighted by atomic mass is 19.1. The Bertz CT molecular complexity index is 365. The van der Waals surface area contributed by atoms with E-state index in [9.17, 15) is 9.18 Å². The zero-order valence-electron chi connectivity index (χ0n) is 10.9. The summed E-state index contributed by atoms with van der Waals surface area (Å²) in [6.45, 7) is 5.90. The minimum absolute atomic E-state index is 0.0218. The molecule has 1 N–H and O–H groups in total. The van der Waals surface area contributed by atoms with E-state index < -0.39 is 0 Å². The van der Waals surface area contributed by atoms with Crippen LogP contribution < -0.4 is 5.32 Å². The molecule has 0 saturated heterocycles. The molecule has 0 aliphatic rings. The third-order valence-electron chi connectivity index (χ3n) is 2.64. The Morgan fingerprint density at radius 3 is 2.67 bits per heavy atom. The SMILES string of the molecule is CCOCCCNC(C)C(=O)c1ccc(F)cc1. The molecule has 0 spiro atoms. The van der Waals surface area contributed by atoms with Gasteiger partial charge in [0.1, 0.15) is 5.82 Å². The third kappa shape index (κ3) is 4.94.